The maximum Gasteiger partial charge on any atom is 0.0302 e. The molecule has 1 saturated heterocycles. The van der Waals surface area contributed by atoms with E-state index in [4.69, 9.17) is 0 Å². The zero-order valence-corrected chi connectivity index (χ0v) is 13.6. The van der Waals surface area contributed by atoms with Gasteiger partial charge in [-0.05, 0) is 71.7 Å². The van der Waals surface area contributed by atoms with Crippen LogP contribution in [0.3, 0.4) is 0 Å². The van der Waals surface area contributed by atoms with Crippen molar-refractivity contribution in [3.63, 3.8) is 0 Å². The largest absolute Gasteiger partial charge is 0.309 e. The maximum atomic E-state index is 3.76. The molecule has 2 rings (SSSR count). The Morgan fingerprint density at radius 3 is 2.74 bits per heavy atom. The molecule has 108 valence electrons. The van der Waals surface area contributed by atoms with E-state index in [0.717, 1.165) is 6.54 Å². The molecule has 0 saturated carbocycles. The van der Waals surface area contributed by atoms with E-state index < -0.39 is 0 Å². The number of rotatable bonds is 4. The van der Waals surface area contributed by atoms with Gasteiger partial charge in [0.2, 0.25) is 0 Å². The fourth-order valence-corrected chi connectivity index (χ4v) is 3.83. The molecule has 1 aliphatic rings. The lowest BCUT2D eigenvalue weighted by Gasteiger charge is -2.24. The summed E-state index contributed by atoms with van der Waals surface area (Å²) in [7, 11) is 0. The highest BCUT2D eigenvalue weighted by Crippen LogP contribution is 2.21. The van der Waals surface area contributed by atoms with Crippen molar-refractivity contribution in [2.45, 2.75) is 65.6 Å². The molecule has 1 aliphatic heterocycles. The van der Waals surface area contributed by atoms with E-state index in [1.807, 2.05) is 11.3 Å². The quantitative estimate of drug-likeness (QED) is 0.904. The molecule has 0 aliphatic carbocycles. The van der Waals surface area contributed by atoms with Crippen LogP contribution in [-0.4, -0.2) is 30.1 Å². The average Bonchev–Trinajstić information content (AvgIpc) is 2.57. The standard InChI is InChI=1S/C16H28N2S/c1-12(2)18-8-5-6-15(7-9-18)17-11-16-10-13(3)14(4)19-16/h10,12,15,17H,5-9,11H2,1-4H3. The Bertz CT molecular complexity index is 378. The molecule has 2 nitrogen and oxygen atoms in total. The molecule has 1 N–H and O–H groups in total. The van der Waals surface area contributed by atoms with E-state index in [-0.39, 0.29) is 0 Å². The molecule has 0 bridgehead atoms. The number of hydrogen-bond donors (Lipinski definition) is 1. The summed E-state index contributed by atoms with van der Waals surface area (Å²) >= 11 is 1.94. The van der Waals surface area contributed by atoms with Gasteiger partial charge in [0.25, 0.3) is 0 Å². The minimum atomic E-state index is 0.696. The first-order chi connectivity index (χ1) is 9.06. The fourth-order valence-electron chi connectivity index (χ4n) is 2.82. The number of nitrogens with zero attached hydrogens (tertiary/aromatic N) is 1. The van der Waals surface area contributed by atoms with Gasteiger partial charge in [0.1, 0.15) is 0 Å². The highest BCUT2D eigenvalue weighted by molar-refractivity contribution is 7.12. The van der Waals surface area contributed by atoms with Gasteiger partial charge in [0, 0.05) is 28.4 Å². The van der Waals surface area contributed by atoms with Crippen molar-refractivity contribution in [2.24, 2.45) is 0 Å². The van der Waals surface area contributed by atoms with Gasteiger partial charge in [-0.25, -0.2) is 0 Å². The lowest BCUT2D eigenvalue weighted by molar-refractivity contribution is 0.229. The van der Waals surface area contributed by atoms with Crippen LogP contribution in [-0.2, 0) is 6.54 Å². The highest BCUT2D eigenvalue weighted by atomic mass is 32.1. The van der Waals surface area contributed by atoms with Crippen molar-refractivity contribution in [1.82, 2.24) is 10.2 Å². The van der Waals surface area contributed by atoms with Gasteiger partial charge in [0.05, 0.1) is 0 Å². The van der Waals surface area contributed by atoms with Crippen molar-refractivity contribution < 1.29 is 0 Å². The van der Waals surface area contributed by atoms with Crippen LogP contribution in [0.1, 0.15) is 48.4 Å². The van der Waals surface area contributed by atoms with E-state index in [1.165, 1.54) is 47.7 Å². The first kappa shape index (κ1) is 15.0. The maximum absolute atomic E-state index is 3.76. The fraction of sp³-hybridized carbons (Fsp3) is 0.750. The van der Waals surface area contributed by atoms with Crippen molar-refractivity contribution >= 4 is 11.3 Å². The van der Waals surface area contributed by atoms with Crippen molar-refractivity contribution in [3.8, 4) is 0 Å². The first-order valence-electron chi connectivity index (χ1n) is 7.59. The molecule has 1 aromatic heterocycles. The van der Waals surface area contributed by atoms with E-state index in [1.54, 1.807) is 0 Å². The number of likely N-dealkylation sites (tertiary alicyclic amines) is 1. The molecule has 0 aromatic carbocycles. The summed E-state index contributed by atoms with van der Waals surface area (Å²) in [6.45, 7) is 12.6. The van der Waals surface area contributed by atoms with Crippen molar-refractivity contribution in [3.05, 3.63) is 21.4 Å². The Balaban J connectivity index is 1.80. The Morgan fingerprint density at radius 1 is 1.32 bits per heavy atom. The minimum Gasteiger partial charge on any atom is -0.309 e. The summed E-state index contributed by atoms with van der Waals surface area (Å²) in [5.74, 6) is 0. The predicted molar refractivity (Wildman–Crippen MR) is 85.0 cm³/mol. The van der Waals surface area contributed by atoms with Gasteiger partial charge in [-0.2, -0.15) is 0 Å². The molecule has 2 heterocycles. The van der Waals surface area contributed by atoms with Crippen LogP contribution in [0.25, 0.3) is 0 Å². The molecule has 3 heteroatoms. The molecule has 0 spiro atoms. The molecule has 0 radical (unpaired) electrons. The molecule has 1 fully saturated rings. The van der Waals surface area contributed by atoms with Crippen LogP contribution in [0.5, 0.6) is 0 Å². The molecule has 0 amide bonds. The number of thiophene rings is 1. The topological polar surface area (TPSA) is 15.3 Å². The second-order valence-corrected chi connectivity index (χ2v) is 7.43. The number of nitrogens with one attached hydrogen (secondary N) is 1. The molecule has 19 heavy (non-hydrogen) atoms. The van der Waals surface area contributed by atoms with E-state index in [2.05, 4.69) is 44.0 Å². The van der Waals surface area contributed by atoms with Gasteiger partial charge in [0.15, 0.2) is 0 Å². The van der Waals surface area contributed by atoms with Crippen LogP contribution in [0.4, 0.5) is 0 Å². The van der Waals surface area contributed by atoms with Crippen LogP contribution in [0, 0.1) is 13.8 Å². The van der Waals surface area contributed by atoms with Gasteiger partial charge in [-0.3, -0.25) is 0 Å². The predicted octanol–water partition coefficient (Wildman–Crippen LogP) is 3.72. The van der Waals surface area contributed by atoms with Crippen molar-refractivity contribution in [1.29, 1.82) is 0 Å². The SMILES string of the molecule is Cc1cc(CNC2CCCN(C(C)C)CC2)sc1C. The molecule has 1 atom stereocenters. The third-order valence-corrected chi connectivity index (χ3v) is 5.43. The second kappa shape index (κ2) is 6.87. The summed E-state index contributed by atoms with van der Waals surface area (Å²) in [5.41, 5.74) is 1.44. The first-order valence-corrected chi connectivity index (χ1v) is 8.41. The van der Waals surface area contributed by atoms with Crippen LogP contribution in [0.15, 0.2) is 6.07 Å². The summed E-state index contributed by atoms with van der Waals surface area (Å²) in [6, 6.07) is 3.73. The smallest absolute Gasteiger partial charge is 0.0302 e. The zero-order valence-electron chi connectivity index (χ0n) is 12.8. The summed E-state index contributed by atoms with van der Waals surface area (Å²) in [6.07, 6.45) is 3.95. The Labute approximate surface area is 122 Å². The number of aryl methyl sites for hydroxylation is 2. The Hall–Kier alpha value is -0.380. The third-order valence-electron chi connectivity index (χ3n) is 4.27. The van der Waals surface area contributed by atoms with Gasteiger partial charge in [-0.15, -0.1) is 11.3 Å². The van der Waals surface area contributed by atoms with Crippen LogP contribution >= 0.6 is 11.3 Å². The summed E-state index contributed by atoms with van der Waals surface area (Å²) < 4.78 is 0. The minimum absolute atomic E-state index is 0.696. The molecular weight excluding hydrogens is 252 g/mol. The summed E-state index contributed by atoms with van der Waals surface area (Å²) in [5, 5.41) is 3.76. The highest BCUT2D eigenvalue weighted by Gasteiger charge is 2.18. The molecule has 1 aromatic rings. The Kier molecular flexibility index (Phi) is 5.43. The van der Waals surface area contributed by atoms with Gasteiger partial charge < -0.3 is 10.2 Å². The van der Waals surface area contributed by atoms with E-state index in [0.29, 0.717) is 12.1 Å². The monoisotopic (exact) mass is 280 g/mol. The van der Waals surface area contributed by atoms with Gasteiger partial charge >= 0.3 is 0 Å². The van der Waals surface area contributed by atoms with E-state index in [9.17, 15) is 0 Å². The number of hydrogen-bond acceptors (Lipinski definition) is 3. The second-order valence-electron chi connectivity index (χ2n) is 6.09. The van der Waals surface area contributed by atoms with Gasteiger partial charge in [-0.1, -0.05) is 0 Å². The molecular formula is C16H28N2S. The van der Waals surface area contributed by atoms with Crippen molar-refractivity contribution in [2.75, 3.05) is 13.1 Å². The Morgan fingerprint density at radius 2 is 2.11 bits per heavy atom. The molecule has 1 unspecified atom stereocenters. The lowest BCUT2D eigenvalue weighted by atomic mass is 10.1. The zero-order chi connectivity index (χ0) is 13.8. The lowest BCUT2D eigenvalue weighted by Crippen LogP contribution is -2.33. The average molecular weight is 280 g/mol. The van der Waals surface area contributed by atoms with Crippen LogP contribution < -0.4 is 5.32 Å². The normalized spacial score (nSPS) is 21.8. The van der Waals surface area contributed by atoms with E-state index >= 15 is 0 Å². The summed E-state index contributed by atoms with van der Waals surface area (Å²) in [4.78, 5) is 5.56. The van der Waals surface area contributed by atoms with Crippen LogP contribution in [0.2, 0.25) is 0 Å². The third kappa shape index (κ3) is 4.30.